The first-order valence-corrected chi connectivity index (χ1v) is 30.6. The van der Waals surface area contributed by atoms with Gasteiger partial charge >= 0.3 is 13.8 Å². The van der Waals surface area contributed by atoms with Gasteiger partial charge in [0.1, 0.15) is 19.3 Å². The van der Waals surface area contributed by atoms with Gasteiger partial charge in [0.15, 0.2) is 0 Å². The molecular weight excluding hydrogens is 892 g/mol. The van der Waals surface area contributed by atoms with Crippen LogP contribution < -0.4 is 5.32 Å². The summed E-state index contributed by atoms with van der Waals surface area (Å²) in [4.78, 5) is 37.6. The summed E-state index contributed by atoms with van der Waals surface area (Å²) < 4.78 is 30.6. The van der Waals surface area contributed by atoms with Crippen molar-refractivity contribution in [3.63, 3.8) is 0 Å². The molecular formula is C60H112N2O7P+. The van der Waals surface area contributed by atoms with E-state index in [0.29, 0.717) is 23.9 Å². The summed E-state index contributed by atoms with van der Waals surface area (Å²) in [5.74, 6) is -0.544. The van der Waals surface area contributed by atoms with E-state index in [4.69, 9.17) is 13.8 Å². The lowest BCUT2D eigenvalue weighted by atomic mass is 10.1. The molecule has 0 aromatic carbocycles. The maximum absolute atomic E-state index is 13.5. The molecule has 0 heterocycles. The molecule has 408 valence electrons. The van der Waals surface area contributed by atoms with Crippen molar-refractivity contribution in [1.29, 1.82) is 0 Å². The van der Waals surface area contributed by atoms with Crippen molar-refractivity contribution in [2.75, 3.05) is 40.9 Å². The van der Waals surface area contributed by atoms with Crippen molar-refractivity contribution in [2.24, 2.45) is 0 Å². The Morgan fingerprint density at radius 1 is 0.514 bits per heavy atom. The van der Waals surface area contributed by atoms with Crippen LogP contribution in [0.25, 0.3) is 0 Å². The van der Waals surface area contributed by atoms with Crippen molar-refractivity contribution in [2.45, 2.75) is 270 Å². The molecule has 3 atom stereocenters. The van der Waals surface area contributed by atoms with Crippen LogP contribution in [0.4, 0.5) is 0 Å². The Hall–Kier alpha value is -2.29. The summed E-state index contributed by atoms with van der Waals surface area (Å²) in [5, 5.41) is 3.03. The molecule has 0 fully saturated rings. The molecule has 0 aliphatic heterocycles. The van der Waals surface area contributed by atoms with Crippen LogP contribution in [0.2, 0.25) is 0 Å². The molecule has 0 saturated carbocycles. The van der Waals surface area contributed by atoms with Crippen LogP contribution in [0, 0.1) is 0 Å². The molecule has 10 heteroatoms. The number of nitrogens with zero attached hydrogens (tertiary/aromatic N) is 1. The molecule has 9 nitrogen and oxygen atoms in total. The monoisotopic (exact) mass is 1000 g/mol. The molecule has 2 N–H and O–H groups in total. The van der Waals surface area contributed by atoms with Gasteiger partial charge in [0.25, 0.3) is 0 Å². The van der Waals surface area contributed by atoms with E-state index in [1.54, 1.807) is 0 Å². The van der Waals surface area contributed by atoms with Crippen molar-refractivity contribution >= 4 is 19.7 Å². The van der Waals surface area contributed by atoms with Gasteiger partial charge in [-0.1, -0.05) is 217 Å². The predicted molar refractivity (Wildman–Crippen MR) is 300 cm³/mol. The van der Waals surface area contributed by atoms with Crippen LogP contribution in [0.3, 0.4) is 0 Å². The first-order valence-electron chi connectivity index (χ1n) is 29.1. The number of amides is 1. The summed E-state index contributed by atoms with van der Waals surface area (Å²) in [6.45, 7) is 6.95. The fraction of sp³-hybridized carbons (Fsp3) is 0.800. The highest BCUT2D eigenvalue weighted by molar-refractivity contribution is 7.47. The highest BCUT2D eigenvalue weighted by Crippen LogP contribution is 2.43. The molecule has 0 radical (unpaired) electrons. The summed E-state index contributed by atoms with van der Waals surface area (Å²) in [7, 11) is 1.47. The van der Waals surface area contributed by atoms with Crippen LogP contribution >= 0.6 is 7.82 Å². The fourth-order valence-corrected chi connectivity index (χ4v) is 8.87. The number of esters is 1. The quantitative estimate of drug-likeness (QED) is 0.0156. The molecule has 0 bridgehead atoms. The average molecular weight is 1000 g/mol. The summed E-state index contributed by atoms with van der Waals surface area (Å²) >= 11 is 0. The predicted octanol–water partition coefficient (Wildman–Crippen LogP) is 17.5. The van der Waals surface area contributed by atoms with Crippen molar-refractivity contribution in [3.8, 4) is 0 Å². The lowest BCUT2D eigenvalue weighted by molar-refractivity contribution is -0.870. The number of nitrogens with one attached hydrogen (secondary N) is 1. The standard InChI is InChI=1S/C60H111N2O7P/c1-7-10-13-16-19-22-25-27-29-31-33-35-38-41-44-47-50-53-60(64)69-58(51-48-45-42-39-36-24-21-18-15-12-9-3)57(56-68-70(65,66)67-55-54-62(4,5)6)61-59(63)52-49-46-43-40-37-34-32-30-28-26-23-20-17-14-11-8-2/h19,22,27,29-30,32,34,37,48,51,57-58H,7-18,20-21,23-26,28,31,33,35-36,38-47,49-50,52-56H2,1-6H3,(H-,61,63,65,66)/p+1/b22-19-,29-27-,32-30+,37-34+,51-48+. The number of likely N-dealkylation sites (N-methyl/N-ethyl adjacent to an activating group) is 1. The molecule has 1 amide bonds. The van der Waals surface area contributed by atoms with Gasteiger partial charge in [0.05, 0.1) is 33.8 Å². The largest absolute Gasteiger partial charge is 0.472 e. The van der Waals surface area contributed by atoms with E-state index in [-0.39, 0.29) is 31.5 Å². The topological polar surface area (TPSA) is 111 Å². The second-order valence-electron chi connectivity index (χ2n) is 20.8. The molecule has 0 aromatic rings. The normalized spacial score (nSPS) is 14.2. The fourth-order valence-electron chi connectivity index (χ4n) is 8.14. The number of carbonyl (C=O) groups excluding carboxylic acids is 2. The third-order valence-corrected chi connectivity index (χ3v) is 13.7. The minimum Gasteiger partial charge on any atom is -0.456 e. The first-order chi connectivity index (χ1) is 33.9. The van der Waals surface area contributed by atoms with E-state index in [9.17, 15) is 19.0 Å². The van der Waals surface area contributed by atoms with E-state index >= 15 is 0 Å². The van der Waals surface area contributed by atoms with Gasteiger partial charge in [-0.3, -0.25) is 18.6 Å². The number of hydrogen-bond acceptors (Lipinski definition) is 6. The Morgan fingerprint density at radius 3 is 1.41 bits per heavy atom. The number of hydrogen-bond donors (Lipinski definition) is 2. The molecule has 0 aliphatic carbocycles. The number of quaternary nitrogens is 1. The lowest BCUT2D eigenvalue weighted by Gasteiger charge is -2.27. The zero-order valence-corrected chi connectivity index (χ0v) is 47.4. The smallest absolute Gasteiger partial charge is 0.456 e. The van der Waals surface area contributed by atoms with E-state index in [0.717, 1.165) is 83.5 Å². The molecule has 3 unspecified atom stereocenters. The van der Waals surface area contributed by atoms with Gasteiger partial charge in [0, 0.05) is 12.8 Å². The second kappa shape index (κ2) is 50.3. The van der Waals surface area contributed by atoms with Crippen molar-refractivity contribution in [1.82, 2.24) is 5.32 Å². The number of carbonyl (C=O) groups is 2. The molecule has 0 rings (SSSR count). The van der Waals surface area contributed by atoms with E-state index in [1.807, 2.05) is 33.3 Å². The number of ether oxygens (including phenoxy) is 1. The maximum Gasteiger partial charge on any atom is 0.472 e. The summed E-state index contributed by atoms with van der Waals surface area (Å²) in [5.41, 5.74) is 0. The van der Waals surface area contributed by atoms with Crippen molar-refractivity contribution in [3.05, 3.63) is 60.8 Å². The number of phosphoric acid groups is 1. The highest BCUT2D eigenvalue weighted by Gasteiger charge is 2.30. The second-order valence-corrected chi connectivity index (χ2v) is 22.3. The SMILES string of the molecule is CCCCC/C=C\C/C=C\CCCCCCCCCC(=O)OC(/C=C/CCCCCCCCCCC)C(COP(=O)(O)OCC[N+](C)(C)C)NC(=O)CCCCC/C=C/C=C/CCCCCCCCC. The molecule has 70 heavy (non-hydrogen) atoms. The van der Waals surface area contributed by atoms with E-state index in [2.05, 4.69) is 74.7 Å². The maximum atomic E-state index is 13.5. The molecule has 0 aliphatic rings. The minimum atomic E-state index is -4.45. The third-order valence-electron chi connectivity index (χ3n) is 12.7. The summed E-state index contributed by atoms with van der Waals surface area (Å²) in [6, 6.07) is -0.865. The zero-order chi connectivity index (χ0) is 51.5. The van der Waals surface area contributed by atoms with Gasteiger partial charge in [-0.25, -0.2) is 4.57 Å². The van der Waals surface area contributed by atoms with Crippen LogP contribution in [0.1, 0.15) is 258 Å². The molecule has 0 aromatic heterocycles. The Morgan fingerprint density at radius 2 is 0.914 bits per heavy atom. The van der Waals surface area contributed by atoms with Crippen molar-refractivity contribution < 1.29 is 37.3 Å². The van der Waals surface area contributed by atoms with Crippen LogP contribution in [0.15, 0.2) is 60.8 Å². The highest BCUT2D eigenvalue weighted by atomic mass is 31.2. The zero-order valence-electron chi connectivity index (χ0n) is 46.5. The Labute approximate surface area is 432 Å². The van der Waals surface area contributed by atoms with E-state index < -0.39 is 20.0 Å². The third kappa shape index (κ3) is 50.6. The van der Waals surface area contributed by atoms with Gasteiger partial charge in [-0.15, -0.1) is 0 Å². The summed E-state index contributed by atoms with van der Waals surface area (Å²) in [6.07, 6.45) is 62.1. The van der Waals surface area contributed by atoms with Gasteiger partial charge in [-0.2, -0.15) is 0 Å². The molecule has 0 saturated heterocycles. The Balaban J connectivity index is 5.36. The number of allylic oxidation sites excluding steroid dienone is 9. The van der Waals surface area contributed by atoms with Gasteiger partial charge in [0.2, 0.25) is 5.91 Å². The van der Waals surface area contributed by atoms with Gasteiger partial charge < -0.3 is 19.4 Å². The van der Waals surface area contributed by atoms with Gasteiger partial charge in [-0.05, 0) is 89.5 Å². The minimum absolute atomic E-state index is 0.0325. The van der Waals surface area contributed by atoms with Crippen LogP contribution in [-0.4, -0.2) is 74.3 Å². The number of phosphoric ester groups is 1. The van der Waals surface area contributed by atoms with E-state index in [1.165, 1.54) is 135 Å². The van der Waals surface area contributed by atoms with Crippen LogP contribution in [0.5, 0.6) is 0 Å². The van der Waals surface area contributed by atoms with Crippen LogP contribution in [-0.2, 0) is 27.9 Å². The number of unbranched alkanes of at least 4 members (excludes halogenated alkanes) is 29. The molecule has 0 spiro atoms. The lowest BCUT2D eigenvalue weighted by Crippen LogP contribution is -2.47. The Kier molecular flexibility index (Phi) is 48.6. The Bertz CT molecular complexity index is 1390. The first kappa shape index (κ1) is 67.7. The number of rotatable bonds is 52. The average Bonchev–Trinajstić information content (AvgIpc) is 3.32.